The average Bonchev–Trinajstić information content (AvgIpc) is 3.93. The molecule has 0 N–H and O–H groups in total. The highest BCUT2D eigenvalue weighted by molar-refractivity contribution is 6.14. The Morgan fingerprint density at radius 1 is 0.288 bits per heavy atom. The van der Waals surface area contributed by atoms with Gasteiger partial charge in [-0.25, -0.2) is 15.0 Å². The Morgan fingerprint density at radius 2 is 0.848 bits per heavy atom. The van der Waals surface area contributed by atoms with Crippen LogP contribution in [-0.2, 0) is 0 Å². The normalized spacial score (nSPS) is 11.6. The van der Waals surface area contributed by atoms with E-state index in [1.807, 2.05) is 36.4 Å². The molecule has 0 aliphatic carbocycles. The Hall–Kier alpha value is -8.93. The zero-order chi connectivity index (χ0) is 43.6. The Bertz CT molecular complexity index is 3990. The number of aromatic nitrogens is 4. The maximum atomic E-state index is 6.40. The number of para-hydroxylation sites is 2. The van der Waals surface area contributed by atoms with Gasteiger partial charge < -0.3 is 8.98 Å². The first-order valence-electron chi connectivity index (χ1n) is 22.3. The lowest BCUT2D eigenvalue weighted by atomic mass is 9.88. The minimum Gasteiger partial charge on any atom is -0.456 e. The third-order valence-electron chi connectivity index (χ3n) is 12.8. The first-order valence-corrected chi connectivity index (χ1v) is 22.3. The molecule has 0 amide bonds. The maximum absolute atomic E-state index is 6.40. The highest BCUT2D eigenvalue weighted by Gasteiger charge is 2.24. The molecule has 5 heteroatoms. The van der Waals surface area contributed by atoms with Crippen molar-refractivity contribution in [3.63, 3.8) is 0 Å². The molecule has 0 unspecified atom stereocenters. The van der Waals surface area contributed by atoms with Gasteiger partial charge >= 0.3 is 0 Å². The van der Waals surface area contributed by atoms with Crippen LogP contribution in [0, 0.1) is 0 Å². The summed E-state index contributed by atoms with van der Waals surface area (Å²) >= 11 is 0. The number of hydrogen-bond acceptors (Lipinski definition) is 4. The van der Waals surface area contributed by atoms with Gasteiger partial charge in [-0.1, -0.05) is 182 Å². The van der Waals surface area contributed by atoms with Crippen molar-refractivity contribution >= 4 is 54.5 Å². The molecule has 10 aromatic carbocycles. The number of benzene rings is 10. The van der Waals surface area contributed by atoms with Gasteiger partial charge in [0.25, 0.3) is 0 Å². The lowest BCUT2D eigenvalue weighted by molar-refractivity contribution is 0.669. The zero-order valence-electron chi connectivity index (χ0n) is 35.6. The Morgan fingerprint density at radius 3 is 1.61 bits per heavy atom. The van der Waals surface area contributed by atoms with Gasteiger partial charge in [0.2, 0.25) is 0 Å². The molecule has 5 nitrogen and oxygen atoms in total. The van der Waals surface area contributed by atoms with Crippen LogP contribution in [0.25, 0.3) is 128 Å². The van der Waals surface area contributed by atoms with Crippen molar-refractivity contribution < 1.29 is 4.42 Å². The molecule has 66 heavy (non-hydrogen) atoms. The summed E-state index contributed by atoms with van der Waals surface area (Å²) in [4.78, 5) is 16.0. The summed E-state index contributed by atoms with van der Waals surface area (Å²) in [7, 11) is 0. The van der Waals surface area contributed by atoms with E-state index in [0.717, 1.165) is 88.7 Å². The summed E-state index contributed by atoms with van der Waals surface area (Å²) in [6.45, 7) is 0. The van der Waals surface area contributed by atoms with Gasteiger partial charge in [0, 0.05) is 43.8 Å². The van der Waals surface area contributed by atoms with Crippen LogP contribution in [0.2, 0.25) is 0 Å². The van der Waals surface area contributed by atoms with Crippen LogP contribution in [-0.4, -0.2) is 19.5 Å². The van der Waals surface area contributed by atoms with Crippen LogP contribution < -0.4 is 0 Å². The summed E-state index contributed by atoms with van der Waals surface area (Å²) in [6, 6.07) is 81.3. The molecule has 0 aliphatic rings. The summed E-state index contributed by atoms with van der Waals surface area (Å²) in [6.07, 6.45) is 0. The van der Waals surface area contributed by atoms with Crippen LogP contribution in [0.1, 0.15) is 0 Å². The van der Waals surface area contributed by atoms with E-state index in [9.17, 15) is 0 Å². The summed E-state index contributed by atoms with van der Waals surface area (Å²) in [5.41, 5.74) is 14.0. The quantitative estimate of drug-likeness (QED) is 0.160. The minimum atomic E-state index is 0.558. The Kier molecular flexibility index (Phi) is 8.78. The second-order valence-corrected chi connectivity index (χ2v) is 16.7. The Balaban J connectivity index is 1.15. The van der Waals surface area contributed by atoms with Crippen LogP contribution >= 0.6 is 0 Å². The van der Waals surface area contributed by atoms with E-state index >= 15 is 0 Å². The van der Waals surface area contributed by atoms with E-state index < -0.39 is 0 Å². The molecule has 0 radical (unpaired) electrons. The van der Waals surface area contributed by atoms with Gasteiger partial charge in [-0.2, -0.15) is 0 Å². The molecular formula is C61H38N4O. The standard InChI is InChI=1S/C61H38N4O/c1-4-18-39(19-5-1)45-26-12-13-27-46(45)51-38-56(65-54-30-16-14-28-47(54)52-34-42-24-10-11-25-43(42)35-55(52)65)50(40-20-6-2-7-21-40)37-53(51)61-63-59(41-22-8-3-9-23-41)62-60(64-61)44-32-33-49-48-29-15-17-31-57(48)66-58(49)36-44/h1-38H. The number of hydrogen-bond donors (Lipinski definition) is 0. The smallest absolute Gasteiger partial charge is 0.164 e. The van der Waals surface area contributed by atoms with Gasteiger partial charge in [0.1, 0.15) is 11.2 Å². The molecule has 308 valence electrons. The average molecular weight is 843 g/mol. The topological polar surface area (TPSA) is 56.7 Å². The SMILES string of the molecule is c1ccc(-c2nc(-c3ccc4c(c3)oc3ccccc34)nc(-c3cc(-c4ccccc4)c(-n4c5ccccc5c5cc6ccccc6cc54)cc3-c3ccccc3-c3ccccc3)n2)cc1. The van der Waals surface area contributed by atoms with Crippen LogP contribution in [0.5, 0.6) is 0 Å². The predicted octanol–water partition coefficient (Wildman–Crippen LogP) is 16.0. The Labute approximate surface area is 380 Å². The fourth-order valence-corrected chi connectivity index (χ4v) is 9.74. The van der Waals surface area contributed by atoms with Crippen molar-refractivity contribution in [3.05, 3.63) is 231 Å². The number of rotatable bonds is 7. The van der Waals surface area contributed by atoms with Crippen molar-refractivity contribution in [2.75, 3.05) is 0 Å². The molecule has 13 aromatic rings. The van der Waals surface area contributed by atoms with Gasteiger partial charge in [-0.15, -0.1) is 0 Å². The fourth-order valence-electron chi connectivity index (χ4n) is 9.74. The van der Waals surface area contributed by atoms with Crippen molar-refractivity contribution in [1.29, 1.82) is 0 Å². The highest BCUT2D eigenvalue weighted by atomic mass is 16.3. The second kappa shape index (κ2) is 15.4. The molecular weight excluding hydrogens is 805 g/mol. The molecule has 0 atom stereocenters. The van der Waals surface area contributed by atoms with Gasteiger partial charge in [-0.3, -0.25) is 0 Å². The van der Waals surface area contributed by atoms with E-state index in [1.54, 1.807) is 0 Å². The van der Waals surface area contributed by atoms with Crippen molar-refractivity contribution in [2.24, 2.45) is 0 Å². The lowest BCUT2D eigenvalue weighted by Crippen LogP contribution is -2.04. The van der Waals surface area contributed by atoms with Gasteiger partial charge in [0.05, 0.1) is 16.7 Å². The van der Waals surface area contributed by atoms with Crippen LogP contribution in [0.4, 0.5) is 0 Å². The monoisotopic (exact) mass is 842 g/mol. The molecule has 0 saturated carbocycles. The third kappa shape index (κ3) is 6.28. The summed E-state index contributed by atoms with van der Waals surface area (Å²) in [5, 5.41) is 6.93. The molecule has 0 saturated heterocycles. The molecule has 0 bridgehead atoms. The lowest BCUT2D eigenvalue weighted by Gasteiger charge is -2.21. The van der Waals surface area contributed by atoms with E-state index in [4.69, 9.17) is 19.4 Å². The van der Waals surface area contributed by atoms with Crippen LogP contribution in [0.15, 0.2) is 235 Å². The first-order chi connectivity index (χ1) is 32.7. The summed E-state index contributed by atoms with van der Waals surface area (Å²) < 4.78 is 8.85. The van der Waals surface area contributed by atoms with Crippen molar-refractivity contribution in [2.45, 2.75) is 0 Å². The number of fused-ring (bicyclic) bond motifs is 7. The van der Waals surface area contributed by atoms with Gasteiger partial charge in [0.15, 0.2) is 17.5 Å². The molecule has 13 rings (SSSR count). The second-order valence-electron chi connectivity index (χ2n) is 16.7. The maximum Gasteiger partial charge on any atom is 0.164 e. The molecule has 3 heterocycles. The molecule has 0 fully saturated rings. The first kappa shape index (κ1) is 37.6. The predicted molar refractivity (Wildman–Crippen MR) is 272 cm³/mol. The third-order valence-corrected chi connectivity index (χ3v) is 12.8. The van der Waals surface area contributed by atoms with Crippen molar-refractivity contribution in [1.82, 2.24) is 19.5 Å². The fraction of sp³-hybridized carbons (Fsp3) is 0. The van der Waals surface area contributed by atoms with E-state index in [0.29, 0.717) is 17.5 Å². The number of nitrogens with zero attached hydrogens (tertiary/aromatic N) is 4. The largest absolute Gasteiger partial charge is 0.456 e. The zero-order valence-corrected chi connectivity index (χ0v) is 35.6. The van der Waals surface area contributed by atoms with E-state index in [1.165, 1.54) is 21.5 Å². The summed E-state index contributed by atoms with van der Waals surface area (Å²) in [5.74, 6) is 1.71. The molecule has 0 spiro atoms. The van der Waals surface area contributed by atoms with Crippen LogP contribution in [0.3, 0.4) is 0 Å². The number of furan rings is 1. The molecule has 0 aliphatic heterocycles. The van der Waals surface area contributed by atoms with E-state index in [2.05, 4.69) is 199 Å². The minimum absolute atomic E-state index is 0.558. The van der Waals surface area contributed by atoms with Crippen molar-refractivity contribution in [3.8, 4) is 73.2 Å². The van der Waals surface area contributed by atoms with E-state index in [-0.39, 0.29) is 0 Å². The molecule has 3 aromatic heterocycles. The van der Waals surface area contributed by atoms with Gasteiger partial charge in [-0.05, 0) is 87.1 Å². The highest BCUT2D eigenvalue weighted by Crippen LogP contribution is 2.45.